The lowest BCUT2D eigenvalue weighted by molar-refractivity contribution is 0.290. The minimum Gasteiger partial charge on any atom is -0.465 e. The Morgan fingerprint density at radius 1 is 1.64 bits per heavy atom. The van der Waals surface area contributed by atoms with Gasteiger partial charge in [0.1, 0.15) is 0 Å². The number of rotatable bonds is 3. The maximum absolute atomic E-state index is 5.29. The van der Waals surface area contributed by atoms with Crippen LogP contribution < -0.4 is 4.74 Å². The molecule has 0 bridgehead atoms. The van der Waals surface area contributed by atoms with Gasteiger partial charge in [0.25, 0.3) is 6.01 Å². The van der Waals surface area contributed by atoms with Gasteiger partial charge in [-0.05, 0) is 20.8 Å². The summed E-state index contributed by atoms with van der Waals surface area (Å²) >= 11 is 0. The van der Waals surface area contributed by atoms with Crippen molar-refractivity contribution in [1.82, 2.24) is 9.55 Å². The van der Waals surface area contributed by atoms with Crippen LogP contribution in [0, 0.1) is 0 Å². The Morgan fingerprint density at radius 3 is 2.91 bits per heavy atom. The first-order valence-electron chi connectivity index (χ1n) is 3.91. The van der Waals surface area contributed by atoms with Gasteiger partial charge in [-0.2, -0.15) is 0 Å². The van der Waals surface area contributed by atoms with Crippen molar-refractivity contribution in [2.24, 2.45) is 0 Å². The Hall–Kier alpha value is -0.990. The highest BCUT2D eigenvalue weighted by Gasteiger charge is 2.04. The Morgan fingerprint density at radius 2 is 2.36 bits per heavy atom. The van der Waals surface area contributed by atoms with Crippen LogP contribution in [0.1, 0.15) is 26.8 Å². The quantitative estimate of drug-likeness (QED) is 0.664. The van der Waals surface area contributed by atoms with Gasteiger partial charge in [0.05, 0.1) is 6.61 Å². The van der Waals surface area contributed by atoms with E-state index in [0.29, 0.717) is 18.7 Å². The molecule has 62 valence electrons. The second kappa shape index (κ2) is 3.42. The van der Waals surface area contributed by atoms with Gasteiger partial charge >= 0.3 is 0 Å². The smallest absolute Gasteiger partial charge is 0.296 e. The van der Waals surface area contributed by atoms with Crippen LogP contribution in [0.15, 0.2) is 12.4 Å². The van der Waals surface area contributed by atoms with Gasteiger partial charge in [0.2, 0.25) is 0 Å². The minimum absolute atomic E-state index is 0.416. The van der Waals surface area contributed by atoms with Gasteiger partial charge in [-0.1, -0.05) is 0 Å². The van der Waals surface area contributed by atoms with E-state index >= 15 is 0 Å². The molecule has 0 unspecified atom stereocenters. The molecule has 11 heavy (non-hydrogen) atoms. The van der Waals surface area contributed by atoms with Crippen molar-refractivity contribution in [3.63, 3.8) is 0 Å². The average Bonchev–Trinajstić information content (AvgIpc) is 2.36. The zero-order chi connectivity index (χ0) is 8.27. The van der Waals surface area contributed by atoms with E-state index in [0.717, 1.165) is 0 Å². The van der Waals surface area contributed by atoms with E-state index in [-0.39, 0.29) is 0 Å². The fourth-order valence-corrected chi connectivity index (χ4v) is 0.933. The zero-order valence-electron chi connectivity index (χ0n) is 7.24. The lowest BCUT2D eigenvalue weighted by atomic mass is 10.4. The van der Waals surface area contributed by atoms with Crippen LogP contribution in [-0.4, -0.2) is 16.2 Å². The fraction of sp³-hybridized carbons (Fsp3) is 0.625. The molecule has 1 aromatic rings. The summed E-state index contributed by atoms with van der Waals surface area (Å²) in [5.41, 5.74) is 0. The maximum Gasteiger partial charge on any atom is 0.296 e. The topological polar surface area (TPSA) is 27.1 Å². The van der Waals surface area contributed by atoms with Gasteiger partial charge < -0.3 is 4.74 Å². The van der Waals surface area contributed by atoms with E-state index in [1.54, 1.807) is 6.20 Å². The molecule has 0 amide bonds. The average molecular weight is 154 g/mol. The highest BCUT2D eigenvalue weighted by atomic mass is 16.5. The number of nitrogens with zero attached hydrogens (tertiary/aromatic N) is 2. The van der Waals surface area contributed by atoms with Crippen LogP contribution in [-0.2, 0) is 0 Å². The zero-order valence-corrected chi connectivity index (χ0v) is 7.24. The van der Waals surface area contributed by atoms with Crippen molar-refractivity contribution in [3.05, 3.63) is 12.4 Å². The molecule has 0 aliphatic rings. The summed E-state index contributed by atoms with van der Waals surface area (Å²) in [6.07, 6.45) is 3.68. The molecule has 0 atom stereocenters. The van der Waals surface area contributed by atoms with E-state index in [4.69, 9.17) is 4.74 Å². The number of hydrogen-bond donors (Lipinski definition) is 0. The van der Waals surface area contributed by atoms with Crippen molar-refractivity contribution in [2.75, 3.05) is 6.61 Å². The summed E-state index contributed by atoms with van der Waals surface area (Å²) in [5.74, 6) is 0. The molecule has 0 aliphatic carbocycles. The lowest BCUT2D eigenvalue weighted by Gasteiger charge is -2.10. The Bertz CT molecular complexity index is 218. The maximum atomic E-state index is 5.29. The first-order valence-corrected chi connectivity index (χ1v) is 3.91. The Kier molecular flexibility index (Phi) is 2.52. The molecule has 0 saturated carbocycles. The van der Waals surface area contributed by atoms with Gasteiger partial charge in [-0.15, -0.1) is 0 Å². The third-order valence-electron chi connectivity index (χ3n) is 1.46. The normalized spacial score (nSPS) is 10.5. The molecule has 0 aliphatic heterocycles. The van der Waals surface area contributed by atoms with Gasteiger partial charge in [0, 0.05) is 18.4 Å². The molecule has 0 fully saturated rings. The number of aromatic nitrogens is 2. The summed E-state index contributed by atoms with van der Waals surface area (Å²) in [6, 6.07) is 1.13. The van der Waals surface area contributed by atoms with E-state index in [1.807, 2.05) is 17.7 Å². The fourth-order valence-electron chi connectivity index (χ4n) is 0.933. The van der Waals surface area contributed by atoms with E-state index in [9.17, 15) is 0 Å². The van der Waals surface area contributed by atoms with Crippen molar-refractivity contribution < 1.29 is 4.74 Å². The van der Waals surface area contributed by atoms with Crippen LogP contribution >= 0.6 is 0 Å². The molecule has 0 saturated heterocycles. The van der Waals surface area contributed by atoms with Gasteiger partial charge in [0.15, 0.2) is 0 Å². The van der Waals surface area contributed by atoms with Crippen LogP contribution in [0.2, 0.25) is 0 Å². The first-order chi connectivity index (χ1) is 5.25. The van der Waals surface area contributed by atoms with Crippen LogP contribution in [0.4, 0.5) is 0 Å². The summed E-state index contributed by atoms with van der Waals surface area (Å²) < 4.78 is 7.29. The van der Waals surface area contributed by atoms with Crippen LogP contribution in [0.25, 0.3) is 0 Å². The lowest BCUT2D eigenvalue weighted by Crippen LogP contribution is -2.04. The molecule has 0 radical (unpaired) electrons. The molecule has 3 nitrogen and oxygen atoms in total. The molecule has 0 aromatic carbocycles. The highest BCUT2D eigenvalue weighted by Crippen LogP contribution is 2.13. The second-order valence-corrected chi connectivity index (χ2v) is 2.64. The molecule has 1 rings (SSSR count). The molecule has 0 N–H and O–H groups in total. The SMILES string of the molecule is CCOc1nccn1C(C)C. The minimum atomic E-state index is 0.416. The van der Waals surface area contributed by atoms with Crippen molar-refractivity contribution in [1.29, 1.82) is 0 Å². The van der Waals surface area contributed by atoms with E-state index in [1.165, 1.54) is 0 Å². The van der Waals surface area contributed by atoms with E-state index in [2.05, 4.69) is 18.8 Å². The monoisotopic (exact) mass is 154 g/mol. The molecular weight excluding hydrogens is 140 g/mol. The number of hydrogen-bond acceptors (Lipinski definition) is 2. The third kappa shape index (κ3) is 1.73. The molecule has 3 heteroatoms. The summed E-state index contributed by atoms with van der Waals surface area (Å²) in [6.45, 7) is 6.83. The largest absolute Gasteiger partial charge is 0.465 e. The second-order valence-electron chi connectivity index (χ2n) is 2.64. The van der Waals surface area contributed by atoms with Crippen molar-refractivity contribution >= 4 is 0 Å². The third-order valence-corrected chi connectivity index (χ3v) is 1.46. The molecular formula is C8H14N2O. The number of imidazole rings is 1. The molecule has 1 aromatic heterocycles. The van der Waals surface area contributed by atoms with E-state index < -0.39 is 0 Å². The van der Waals surface area contributed by atoms with Gasteiger partial charge in [-0.3, -0.25) is 4.57 Å². The Balaban J connectivity index is 2.78. The van der Waals surface area contributed by atoms with Gasteiger partial charge in [-0.25, -0.2) is 4.98 Å². The summed E-state index contributed by atoms with van der Waals surface area (Å²) in [4.78, 5) is 4.07. The number of ether oxygens (including phenoxy) is 1. The van der Waals surface area contributed by atoms with Crippen LogP contribution in [0.5, 0.6) is 6.01 Å². The van der Waals surface area contributed by atoms with Crippen LogP contribution in [0.3, 0.4) is 0 Å². The molecule has 1 heterocycles. The summed E-state index contributed by atoms with van der Waals surface area (Å²) in [5, 5.41) is 0. The first kappa shape index (κ1) is 8.11. The molecule has 0 spiro atoms. The van der Waals surface area contributed by atoms with Crippen molar-refractivity contribution in [3.8, 4) is 6.01 Å². The predicted molar refractivity (Wildman–Crippen MR) is 43.8 cm³/mol. The summed E-state index contributed by atoms with van der Waals surface area (Å²) in [7, 11) is 0. The predicted octanol–water partition coefficient (Wildman–Crippen LogP) is 1.86. The Labute approximate surface area is 67.0 Å². The van der Waals surface area contributed by atoms with Crippen molar-refractivity contribution in [2.45, 2.75) is 26.8 Å². The highest BCUT2D eigenvalue weighted by molar-refractivity contribution is 4.99. The standard InChI is InChI=1S/C8H14N2O/c1-4-11-8-9-5-6-10(8)7(2)3/h5-7H,4H2,1-3H3.